The summed E-state index contributed by atoms with van der Waals surface area (Å²) in [4.78, 5) is 31.8. The third-order valence-electron chi connectivity index (χ3n) is 6.72. The molecule has 4 aromatic rings. The van der Waals surface area contributed by atoms with Crippen LogP contribution < -0.4 is 10.6 Å². The minimum atomic E-state index is -4.52. The van der Waals surface area contributed by atoms with Gasteiger partial charge in [0.15, 0.2) is 0 Å². The lowest BCUT2D eigenvalue weighted by Gasteiger charge is -2.13. The van der Waals surface area contributed by atoms with Crippen molar-refractivity contribution < 1.29 is 22.8 Å². The smallest absolute Gasteiger partial charge is 0.322 e. The Labute approximate surface area is 240 Å². The van der Waals surface area contributed by atoms with Crippen molar-refractivity contribution >= 4 is 29.4 Å². The summed E-state index contributed by atoms with van der Waals surface area (Å²) in [5.41, 5.74) is 1.41. The molecule has 3 heterocycles. The molecule has 1 aliphatic rings. The number of alkyl halides is 3. The highest BCUT2D eigenvalue weighted by molar-refractivity contribution is 6.05. The first-order chi connectivity index (χ1) is 20.2. The van der Waals surface area contributed by atoms with E-state index in [1.807, 2.05) is 10.9 Å². The van der Waals surface area contributed by atoms with Crippen molar-refractivity contribution in [2.75, 3.05) is 30.3 Å². The molecule has 0 spiro atoms. The van der Waals surface area contributed by atoms with Gasteiger partial charge < -0.3 is 15.5 Å². The molecule has 2 aromatic carbocycles. The average Bonchev–Trinajstić information content (AvgIpc) is 3.68. The van der Waals surface area contributed by atoms with Crippen LogP contribution in [0.4, 0.5) is 24.7 Å². The van der Waals surface area contributed by atoms with Gasteiger partial charge in [-0.15, -0.1) is 5.10 Å². The maximum absolute atomic E-state index is 13.0. The summed E-state index contributed by atoms with van der Waals surface area (Å²) in [6.07, 6.45) is 4.28. The summed E-state index contributed by atoms with van der Waals surface area (Å²) < 4.78 is 40.7. The molecule has 0 unspecified atom stereocenters. The maximum atomic E-state index is 13.0. The van der Waals surface area contributed by atoms with Gasteiger partial charge >= 0.3 is 6.18 Å². The first kappa shape index (κ1) is 28.7. The predicted octanol–water partition coefficient (Wildman–Crippen LogP) is 5.36. The van der Waals surface area contributed by atoms with Gasteiger partial charge in [-0.25, -0.2) is 4.98 Å². The highest BCUT2D eigenvalue weighted by Gasteiger charge is 2.30. The van der Waals surface area contributed by atoms with Crippen LogP contribution >= 0.6 is 0 Å². The zero-order chi connectivity index (χ0) is 29.5. The van der Waals surface area contributed by atoms with E-state index >= 15 is 0 Å². The number of benzene rings is 2. The van der Waals surface area contributed by atoms with Crippen LogP contribution in [0.5, 0.6) is 0 Å². The fraction of sp³-hybridized carbons (Fsp3) is 0.233. The summed E-state index contributed by atoms with van der Waals surface area (Å²) >= 11 is 0. The van der Waals surface area contributed by atoms with Gasteiger partial charge in [0.25, 0.3) is 5.91 Å². The predicted molar refractivity (Wildman–Crippen MR) is 152 cm³/mol. The number of halogens is 3. The molecule has 0 saturated carbocycles. The minimum absolute atomic E-state index is 0.0239. The summed E-state index contributed by atoms with van der Waals surface area (Å²) in [6.45, 7) is 3.97. The molecule has 42 heavy (non-hydrogen) atoms. The van der Waals surface area contributed by atoms with Crippen molar-refractivity contribution in [3.05, 3.63) is 95.8 Å². The zero-order valence-electron chi connectivity index (χ0n) is 22.5. The Morgan fingerprint density at radius 2 is 1.76 bits per heavy atom. The van der Waals surface area contributed by atoms with Crippen molar-refractivity contribution in [3.63, 3.8) is 0 Å². The van der Waals surface area contributed by atoms with Gasteiger partial charge in [0.1, 0.15) is 11.5 Å². The lowest BCUT2D eigenvalue weighted by Crippen LogP contribution is -2.24. The lowest BCUT2D eigenvalue weighted by atomic mass is 10.1. The molecular weight excluding hydrogens is 547 g/mol. The number of hydrogen-bond acceptors (Lipinski definition) is 6. The van der Waals surface area contributed by atoms with Crippen molar-refractivity contribution in [1.29, 1.82) is 0 Å². The van der Waals surface area contributed by atoms with E-state index in [2.05, 4.69) is 30.8 Å². The number of carbonyl (C=O) groups is 2. The lowest BCUT2D eigenvalue weighted by molar-refractivity contribution is -0.137. The molecule has 0 aliphatic carbocycles. The second kappa shape index (κ2) is 12.8. The first-order valence-electron chi connectivity index (χ1n) is 13.4. The Bertz CT molecular complexity index is 1580. The first-order valence-corrected chi connectivity index (χ1v) is 13.4. The number of anilines is 2. The Morgan fingerprint density at radius 3 is 2.52 bits per heavy atom. The fourth-order valence-electron chi connectivity index (χ4n) is 4.51. The van der Waals surface area contributed by atoms with Crippen molar-refractivity contribution in [2.24, 2.45) is 0 Å². The molecule has 2 amide bonds. The van der Waals surface area contributed by atoms with Gasteiger partial charge in [0.2, 0.25) is 5.91 Å². The second-order valence-electron chi connectivity index (χ2n) is 9.83. The van der Waals surface area contributed by atoms with Gasteiger partial charge in [0, 0.05) is 35.6 Å². The highest BCUT2D eigenvalue weighted by atomic mass is 19.4. The van der Waals surface area contributed by atoms with Gasteiger partial charge in [-0.05, 0) is 80.0 Å². The molecule has 1 fully saturated rings. The van der Waals surface area contributed by atoms with E-state index in [4.69, 9.17) is 0 Å². The summed E-state index contributed by atoms with van der Waals surface area (Å²) in [5.74, 6) is -0.657. The normalized spacial score (nSPS) is 13.9. The van der Waals surface area contributed by atoms with E-state index in [-0.39, 0.29) is 11.3 Å². The molecule has 5 rings (SSSR count). The number of pyridine rings is 1. The number of nitrogens with one attached hydrogen (secondary N) is 2. The SMILES string of the molecule is O=C(/C=C/c1cccc(C(=O)Nc2cccc(C(F)(F)F)c2)c1)Nc1ccc(-c2cn(CCN3CCCC3)nn2)cn1. The van der Waals surface area contributed by atoms with Crippen LogP contribution in [0.1, 0.15) is 34.3 Å². The fourth-order valence-corrected chi connectivity index (χ4v) is 4.51. The Morgan fingerprint density at radius 1 is 0.952 bits per heavy atom. The second-order valence-corrected chi connectivity index (χ2v) is 9.83. The quantitative estimate of drug-likeness (QED) is 0.261. The molecule has 1 saturated heterocycles. The van der Waals surface area contributed by atoms with Crippen LogP contribution in [0.2, 0.25) is 0 Å². The van der Waals surface area contributed by atoms with E-state index in [1.54, 1.807) is 30.5 Å². The van der Waals surface area contributed by atoms with Gasteiger partial charge in [-0.2, -0.15) is 13.2 Å². The van der Waals surface area contributed by atoms with E-state index in [0.717, 1.165) is 43.9 Å². The standard InChI is InChI=1S/C30H28F3N7O2/c31-30(32,33)24-7-4-8-25(18-24)35-29(42)22-6-3-5-21(17-22)9-12-28(41)36-27-11-10-23(19-34-27)26-20-40(38-37-26)16-15-39-13-1-2-14-39/h3-12,17-20H,1-2,13-16H2,(H,35,42)(H,34,36,41)/b12-9+. The number of likely N-dealkylation sites (tertiary alicyclic amines) is 1. The number of carbonyl (C=O) groups excluding carboxylic acids is 2. The number of nitrogens with zero attached hydrogens (tertiary/aromatic N) is 5. The Hall–Kier alpha value is -4.84. The largest absolute Gasteiger partial charge is 0.416 e. The molecule has 216 valence electrons. The van der Waals surface area contributed by atoms with Gasteiger partial charge in [0.05, 0.1) is 18.3 Å². The highest BCUT2D eigenvalue weighted by Crippen LogP contribution is 2.30. The number of aromatic nitrogens is 4. The zero-order valence-corrected chi connectivity index (χ0v) is 22.5. The molecule has 0 bridgehead atoms. The minimum Gasteiger partial charge on any atom is -0.322 e. The topological polar surface area (TPSA) is 105 Å². The van der Waals surface area contributed by atoms with Crippen LogP contribution in [0.15, 0.2) is 79.1 Å². The molecular formula is C30H28F3N7O2. The van der Waals surface area contributed by atoms with Crippen LogP contribution in [0.3, 0.4) is 0 Å². The van der Waals surface area contributed by atoms with Crippen LogP contribution in [-0.4, -0.2) is 56.3 Å². The van der Waals surface area contributed by atoms with Gasteiger partial charge in [-0.3, -0.25) is 14.3 Å². The molecule has 9 nitrogen and oxygen atoms in total. The third-order valence-corrected chi connectivity index (χ3v) is 6.72. The maximum Gasteiger partial charge on any atom is 0.416 e. The number of rotatable bonds is 9. The van der Waals surface area contributed by atoms with E-state index in [9.17, 15) is 22.8 Å². The van der Waals surface area contributed by atoms with Crippen molar-refractivity contribution in [3.8, 4) is 11.3 Å². The van der Waals surface area contributed by atoms with Crippen molar-refractivity contribution in [1.82, 2.24) is 24.9 Å². The summed E-state index contributed by atoms with van der Waals surface area (Å²) in [7, 11) is 0. The molecule has 2 aromatic heterocycles. The number of hydrogen-bond donors (Lipinski definition) is 2. The van der Waals surface area contributed by atoms with E-state index in [0.29, 0.717) is 17.1 Å². The van der Waals surface area contributed by atoms with Crippen LogP contribution in [0, 0.1) is 0 Å². The molecule has 1 aliphatic heterocycles. The average molecular weight is 576 g/mol. The molecule has 0 radical (unpaired) electrons. The molecule has 0 atom stereocenters. The molecule has 12 heteroatoms. The van der Waals surface area contributed by atoms with Gasteiger partial charge in [-0.1, -0.05) is 23.4 Å². The monoisotopic (exact) mass is 575 g/mol. The van der Waals surface area contributed by atoms with Crippen LogP contribution in [0.25, 0.3) is 17.3 Å². The number of amides is 2. The summed E-state index contributed by atoms with van der Waals surface area (Å²) in [6, 6.07) is 14.2. The van der Waals surface area contributed by atoms with Crippen LogP contribution in [-0.2, 0) is 17.5 Å². The Kier molecular flexibility index (Phi) is 8.72. The summed E-state index contributed by atoms with van der Waals surface area (Å²) in [5, 5.41) is 13.6. The molecule has 2 N–H and O–H groups in total. The van der Waals surface area contributed by atoms with E-state index < -0.39 is 23.6 Å². The third kappa shape index (κ3) is 7.67. The Balaban J connectivity index is 1.14. The van der Waals surface area contributed by atoms with Crippen molar-refractivity contribution in [2.45, 2.75) is 25.6 Å². The van der Waals surface area contributed by atoms with E-state index in [1.165, 1.54) is 49.3 Å².